The van der Waals surface area contributed by atoms with Gasteiger partial charge in [0.25, 0.3) is 0 Å². The Morgan fingerprint density at radius 3 is 3.14 bits per heavy atom. The number of hydrogen-bond donors (Lipinski definition) is 1. The van der Waals surface area contributed by atoms with E-state index in [1.165, 1.54) is 6.33 Å². The van der Waals surface area contributed by atoms with Gasteiger partial charge in [-0.3, -0.25) is 0 Å². The van der Waals surface area contributed by atoms with E-state index in [9.17, 15) is 0 Å². The fraction of sp³-hybridized carbons (Fsp3) is 0.167. The van der Waals surface area contributed by atoms with Crippen LogP contribution in [-0.2, 0) is 7.05 Å². The van der Waals surface area contributed by atoms with E-state index in [2.05, 4.69) is 25.0 Å². The van der Waals surface area contributed by atoms with Crippen LogP contribution in [0, 0.1) is 0 Å². The summed E-state index contributed by atoms with van der Waals surface area (Å²) in [6.45, 7) is 0. The summed E-state index contributed by atoms with van der Waals surface area (Å²) in [5.41, 5.74) is 1.54. The molecule has 8 heteroatoms. The molecular weight excluding hydrogens is 178 g/mol. The molecule has 0 aliphatic rings. The third kappa shape index (κ3) is 1.39. The molecule has 0 aliphatic carbocycles. The van der Waals surface area contributed by atoms with Crippen molar-refractivity contribution < 1.29 is 0 Å². The summed E-state index contributed by atoms with van der Waals surface area (Å²) in [6.07, 6.45) is 3.20. The first-order chi connectivity index (χ1) is 6.83. The van der Waals surface area contributed by atoms with Gasteiger partial charge in [0.1, 0.15) is 0 Å². The van der Waals surface area contributed by atoms with E-state index in [4.69, 9.17) is 0 Å². The second-order valence-electron chi connectivity index (χ2n) is 2.78. The summed E-state index contributed by atoms with van der Waals surface area (Å²) < 4.78 is 1.84. The van der Waals surface area contributed by atoms with Gasteiger partial charge in [-0.25, -0.2) is 0 Å². The molecular formula is C6H8B2N6. The molecule has 0 fully saturated rings. The Hall–Kier alpha value is -1.72. The average molecular weight is 186 g/mol. The first kappa shape index (κ1) is 8.86. The molecule has 6 nitrogen and oxygen atoms in total. The van der Waals surface area contributed by atoms with E-state index in [0.29, 0.717) is 5.82 Å². The van der Waals surface area contributed by atoms with Crippen molar-refractivity contribution in [3.8, 4) is 0 Å². The molecule has 2 aromatic rings. The van der Waals surface area contributed by atoms with Gasteiger partial charge in [-0.2, -0.15) is 0 Å². The maximum absolute atomic E-state index is 4.18. The van der Waals surface area contributed by atoms with Crippen molar-refractivity contribution >= 4 is 32.2 Å². The molecule has 68 valence electrons. The SMILES string of the molecule is BN=BNc1ncnc2c1ncn2C. The second-order valence-corrected chi connectivity index (χ2v) is 2.78. The molecule has 0 bridgehead atoms. The number of fused-ring (bicyclic) bond motifs is 1. The van der Waals surface area contributed by atoms with Crippen molar-refractivity contribution in [2.45, 2.75) is 0 Å². The molecule has 14 heavy (non-hydrogen) atoms. The Bertz CT molecular complexity index is 478. The number of hydrogen-bond acceptors (Lipinski definition) is 4. The Kier molecular flexibility index (Phi) is 2.26. The molecule has 0 amide bonds. The van der Waals surface area contributed by atoms with Crippen LogP contribution in [0.3, 0.4) is 0 Å². The molecule has 2 rings (SSSR count). The standard InChI is InChI=1S/C6H8B2N6/c1-14-3-11-4-5(12-8-13-7)9-2-10-6(4)14/h2-3H,7H2,1H3,(H,9,10,12). The van der Waals surface area contributed by atoms with Crippen LogP contribution in [0.2, 0.25) is 0 Å². The first-order valence-corrected chi connectivity index (χ1v) is 4.12. The predicted molar refractivity (Wildman–Crippen MR) is 56.7 cm³/mol. The Balaban J connectivity index is 2.54. The third-order valence-corrected chi connectivity index (χ3v) is 1.83. The van der Waals surface area contributed by atoms with Gasteiger partial charge >= 0.3 is 81.4 Å². The molecule has 0 aliphatic heterocycles. The van der Waals surface area contributed by atoms with Crippen LogP contribution in [0.1, 0.15) is 0 Å². The molecule has 0 atom stereocenters. The van der Waals surface area contributed by atoms with Crippen molar-refractivity contribution in [2.24, 2.45) is 11.9 Å². The minimum absolute atomic E-state index is 0.668. The molecule has 0 unspecified atom stereocenters. The van der Waals surface area contributed by atoms with Crippen LogP contribution in [0.15, 0.2) is 17.5 Å². The minimum atomic E-state index is 0.668. The number of imidazole rings is 1. The maximum atomic E-state index is 4.18. The fourth-order valence-electron chi connectivity index (χ4n) is 1.18. The topological polar surface area (TPSA) is 68.0 Å². The number of nitrogens with one attached hydrogen (secondary N) is 1. The number of anilines is 1. The van der Waals surface area contributed by atoms with Crippen LogP contribution in [0.25, 0.3) is 11.2 Å². The molecule has 0 saturated carbocycles. The van der Waals surface area contributed by atoms with Gasteiger partial charge in [0.05, 0.1) is 0 Å². The molecule has 0 aromatic carbocycles. The van der Waals surface area contributed by atoms with Gasteiger partial charge in [0, 0.05) is 0 Å². The number of nitrogens with zero attached hydrogens (tertiary/aromatic N) is 5. The Labute approximate surface area is 82.2 Å². The molecule has 0 spiro atoms. The first-order valence-electron chi connectivity index (χ1n) is 4.12. The van der Waals surface area contributed by atoms with E-state index in [-0.39, 0.29) is 0 Å². The summed E-state index contributed by atoms with van der Waals surface area (Å²) in [6, 6.07) is 0. The van der Waals surface area contributed by atoms with Gasteiger partial charge < -0.3 is 0 Å². The second kappa shape index (κ2) is 3.57. The third-order valence-electron chi connectivity index (χ3n) is 1.83. The average Bonchev–Trinajstić information content (AvgIpc) is 2.58. The quantitative estimate of drug-likeness (QED) is 0.618. The molecule has 2 heterocycles. The van der Waals surface area contributed by atoms with Gasteiger partial charge in [0.2, 0.25) is 0 Å². The van der Waals surface area contributed by atoms with E-state index in [1.54, 1.807) is 21.5 Å². The van der Waals surface area contributed by atoms with Gasteiger partial charge in [-0.1, -0.05) is 0 Å². The summed E-state index contributed by atoms with van der Waals surface area (Å²) >= 11 is 0. The molecule has 2 aromatic heterocycles. The normalized spacial score (nSPS) is 10.6. The van der Waals surface area contributed by atoms with Crippen LogP contribution < -0.4 is 5.23 Å². The van der Waals surface area contributed by atoms with E-state index in [1.807, 2.05) is 11.6 Å². The van der Waals surface area contributed by atoms with Crippen LogP contribution in [0.5, 0.6) is 0 Å². The van der Waals surface area contributed by atoms with Crippen molar-refractivity contribution in [1.82, 2.24) is 19.5 Å². The van der Waals surface area contributed by atoms with E-state index in [0.717, 1.165) is 11.2 Å². The van der Waals surface area contributed by atoms with Crippen molar-refractivity contribution in [3.63, 3.8) is 0 Å². The fourth-order valence-corrected chi connectivity index (χ4v) is 1.18. The van der Waals surface area contributed by atoms with Crippen molar-refractivity contribution in [3.05, 3.63) is 12.7 Å². The van der Waals surface area contributed by atoms with E-state index >= 15 is 0 Å². The van der Waals surface area contributed by atoms with Gasteiger partial charge in [-0.05, 0) is 0 Å². The summed E-state index contributed by atoms with van der Waals surface area (Å²) in [5.74, 6) is 0.668. The zero-order valence-electron chi connectivity index (χ0n) is 7.97. The van der Waals surface area contributed by atoms with Crippen molar-refractivity contribution in [1.29, 1.82) is 0 Å². The number of rotatable bonds is 2. The monoisotopic (exact) mass is 186 g/mol. The number of aromatic nitrogens is 4. The predicted octanol–water partition coefficient (Wildman–Crippen LogP) is -0.874. The van der Waals surface area contributed by atoms with Crippen LogP contribution >= 0.6 is 0 Å². The van der Waals surface area contributed by atoms with Gasteiger partial charge in [-0.15, -0.1) is 0 Å². The van der Waals surface area contributed by atoms with Crippen LogP contribution in [0.4, 0.5) is 5.82 Å². The van der Waals surface area contributed by atoms with Gasteiger partial charge in [0.15, 0.2) is 0 Å². The van der Waals surface area contributed by atoms with Crippen molar-refractivity contribution in [2.75, 3.05) is 5.23 Å². The Morgan fingerprint density at radius 1 is 1.50 bits per heavy atom. The molecule has 0 radical (unpaired) electrons. The summed E-state index contributed by atoms with van der Waals surface area (Å²) in [5, 5.41) is 2.93. The molecule has 1 N–H and O–H groups in total. The molecule has 0 saturated heterocycles. The zero-order valence-corrected chi connectivity index (χ0v) is 7.97. The number of aryl methyl sites for hydroxylation is 1. The summed E-state index contributed by atoms with van der Waals surface area (Å²) in [7, 11) is 5.14. The Morgan fingerprint density at radius 2 is 2.36 bits per heavy atom. The summed E-state index contributed by atoms with van der Waals surface area (Å²) in [4.78, 5) is 16.2. The van der Waals surface area contributed by atoms with Crippen LogP contribution in [-0.4, -0.2) is 34.7 Å². The van der Waals surface area contributed by atoms with E-state index < -0.39 is 0 Å². The zero-order chi connectivity index (χ0) is 9.97.